The fourth-order valence-electron chi connectivity index (χ4n) is 1.87. The lowest BCUT2D eigenvalue weighted by Gasteiger charge is -2.14. The van der Waals surface area contributed by atoms with Crippen molar-refractivity contribution in [3.05, 3.63) is 0 Å². The standard InChI is InChI=1S/C11H16N2O3/c1-6-7(5-12-9(6)15)8(14)10(16)13-11(2)3-4-11/h6-7H,3-5H2,1-2H3,(H,12,15)(H,13,16)/t6-,7+/m1/s1. The highest BCUT2D eigenvalue weighted by Crippen LogP contribution is 2.34. The molecule has 2 aliphatic rings. The van der Waals surface area contributed by atoms with E-state index in [0.717, 1.165) is 12.8 Å². The van der Waals surface area contributed by atoms with Crippen molar-refractivity contribution in [2.75, 3.05) is 6.54 Å². The Hall–Kier alpha value is -1.39. The number of nitrogens with one attached hydrogen (secondary N) is 2. The normalized spacial score (nSPS) is 30.8. The molecule has 16 heavy (non-hydrogen) atoms. The van der Waals surface area contributed by atoms with Crippen LogP contribution in [0.2, 0.25) is 0 Å². The highest BCUT2D eigenvalue weighted by Gasteiger charge is 2.43. The number of carbonyl (C=O) groups is 3. The van der Waals surface area contributed by atoms with E-state index in [4.69, 9.17) is 0 Å². The summed E-state index contributed by atoms with van der Waals surface area (Å²) in [6.07, 6.45) is 1.84. The Labute approximate surface area is 94.0 Å². The number of hydrogen-bond donors (Lipinski definition) is 2. The van der Waals surface area contributed by atoms with Crippen molar-refractivity contribution in [1.29, 1.82) is 0 Å². The van der Waals surface area contributed by atoms with E-state index in [1.807, 2.05) is 6.92 Å². The maximum atomic E-state index is 11.8. The third kappa shape index (κ3) is 1.94. The molecule has 0 bridgehead atoms. The van der Waals surface area contributed by atoms with Crippen molar-refractivity contribution in [3.63, 3.8) is 0 Å². The van der Waals surface area contributed by atoms with Gasteiger partial charge in [0.2, 0.25) is 11.7 Å². The zero-order chi connectivity index (χ0) is 11.9. The number of rotatable bonds is 3. The summed E-state index contributed by atoms with van der Waals surface area (Å²) in [5, 5.41) is 5.31. The fourth-order valence-corrected chi connectivity index (χ4v) is 1.87. The van der Waals surface area contributed by atoms with E-state index in [-0.39, 0.29) is 18.0 Å². The van der Waals surface area contributed by atoms with Crippen LogP contribution in [0.1, 0.15) is 26.7 Å². The largest absolute Gasteiger partial charge is 0.355 e. The molecule has 1 saturated heterocycles. The molecule has 1 saturated carbocycles. The van der Waals surface area contributed by atoms with Crippen molar-refractivity contribution < 1.29 is 14.4 Å². The first-order valence-electron chi connectivity index (χ1n) is 5.57. The minimum Gasteiger partial charge on any atom is -0.355 e. The molecule has 1 aliphatic carbocycles. The summed E-state index contributed by atoms with van der Waals surface area (Å²) in [6, 6.07) is 0. The minimum atomic E-state index is -0.548. The van der Waals surface area contributed by atoms with Gasteiger partial charge in [0.1, 0.15) is 0 Å². The fraction of sp³-hybridized carbons (Fsp3) is 0.727. The predicted molar refractivity (Wildman–Crippen MR) is 56.5 cm³/mol. The zero-order valence-corrected chi connectivity index (χ0v) is 9.50. The van der Waals surface area contributed by atoms with E-state index < -0.39 is 23.5 Å². The lowest BCUT2D eigenvalue weighted by atomic mass is 9.92. The summed E-state index contributed by atoms with van der Waals surface area (Å²) in [5.74, 6) is -2.07. The van der Waals surface area contributed by atoms with Gasteiger partial charge in [-0.3, -0.25) is 14.4 Å². The van der Waals surface area contributed by atoms with Crippen LogP contribution < -0.4 is 10.6 Å². The van der Waals surface area contributed by atoms with Crippen LogP contribution in [0.15, 0.2) is 0 Å². The Morgan fingerprint density at radius 2 is 2.06 bits per heavy atom. The van der Waals surface area contributed by atoms with Crippen LogP contribution >= 0.6 is 0 Å². The van der Waals surface area contributed by atoms with Crippen LogP contribution in [0, 0.1) is 11.8 Å². The van der Waals surface area contributed by atoms with Gasteiger partial charge < -0.3 is 10.6 Å². The predicted octanol–water partition coefficient (Wildman–Crippen LogP) is -0.394. The van der Waals surface area contributed by atoms with E-state index in [1.165, 1.54) is 0 Å². The Morgan fingerprint density at radius 1 is 1.44 bits per heavy atom. The first-order valence-corrected chi connectivity index (χ1v) is 5.57. The van der Waals surface area contributed by atoms with Crippen LogP contribution in [0.3, 0.4) is 0 Å². The van der Waals surface area contributed by atoms with Gasteiger partial charge in [0.15, 0.2) is 0 Å². The van der Waals surface area contributed by atoms with Crippen LogP contribution in [-0.2, 0) is 14.4 Å². The highest BCUT2D eigenvalue weighted by molar-refractivity contribution is 6.37. The van der Waals surface area contributed by atoms with E-state index in [9.17, 15) is 14.4 Å². The lowest BCUT2D eigenvalue weighted by Crippen LogP contribution is -2.43. The molecule has 2 amide bonds. The first kappa shape index (κ1) is 11.1. The van der Waals surface area contributed by atoms with Gasteiger partial charge in [-0.15, -0.1) is 0 Å². The average Bonchev–Trinajstić information content (AvgIpc) is 2.85. The maximum absolute atomic E-state index is 11.8. The molecule has 0 aromatic carbocycles. The Bertz CT molecular complexity index is 360. The summed E-state index contributed by atoms with van der Waals surface area (Å²) >= 11 is 0. The molecule has 1 aliphatic heterocycles. The number of carbonyl (C=O) groups excluding carboxylic acids is 3. The van der Waals surface area contributed by atoms with Crippen LogP contribution in [-0.4, -0.2) is 29.7 Å². The van der Waals surface area contributed by atoms with Gasteiger partial charge in [-0.05, 0) is 19.8 Å². The zero-order valence-electron chi connectivity index (χ0n) is 9.50. The van der Waals surface area contributed by atoms with Crippen molar-refractivity contribution in [1.82, 2.24) is 10.6 Å². The monoisotopic (exact) mass is 224 g/mol. The van der Waals surface area contributed by atoms with Gasteiger partial charge >= 0.3 is 0 Å². The summed E-state index contributed by atoms with van der Waals surface area (Å²) in [6.45, 7) is 3.87. The van der Waals surface area contributed by atoms with Crippen molar-refractivity contribution >= 4 is 17.6 Å². The molecular weight excluding hydrogens is 208 g/mol. The second-order valence-corrected chi connectivity index (χ2v) is 5.02. The van der Waals surface area contributed by atoms with E-state index in [1.54, 1.807) is 6.92 Å². The number of Topliss-reactive ketones (excluding diaryl/α,β-unsaturated/α-hetero) is 1. The molecule has 0 spiro atoms. The molecule has 1 heterocycles. The Morgan fingerprint density at radius 3 is 2.50 bits per heavy atom. The second-order valence-electron chi connectivity index (χ2n) is 5.02. The van der Waals surface area contributed by atoms with Gasteiger partial charge in [-0.25, -0.2) is 0 Å². The molecule has 2 fully saturated rings. The smallest absolute Gasteiger partial charge is 0.288 e. The van der Waals surface area contributed by atoms with Crippen molar-refractivity contribution in [2.45, 2.75) is 32.2 Å². The number of hydrogen-bond acceptors (Lipinski definition) is 3. The summed E-state index contributed by atoms with van der Waals surface area (Å²) < 4.78 is 0. The molecule has 0 radical (unpaired) electrons. The molecule has 5 heteroatoms. The molecular formula is C11H16N2O3. The average molecular weight is 224 g/mol. The lowest BCUT2D eigenvalue weighted by molar-refractivity contribution is -0.141. The molecule has 2 N–H and O–H groups in total. The summed E-state index contributed by atoms with van der Waals surface area (Å²) in [5.41, 5.74) is -0.188. The molecule has 88 valence electrons. The number of ketones is 1. The van der Waals surface area contributed by atoms with Crippen LogP contribution in [0.25, 0.3) is 0 Å². The molecule has 0 aromatic rings. The van der Waals surface area contributed by atoms with Crippen molar-refractivity contribution in [3.8, 4) is 0 Å². The topological polar surface area (TPSA) is 75.3 Å². The molecule has 2 atom stereocenters. The van der Waals surface area contributed by atoms with Gasteiger partial charge in [0.05, 0.1) is 5.92 Å². The maximum Gasteiger partial charge on any atom is 0.288 e. The van der Waals surface area contributed by atoms with Gasteiger partial charge in [-0.2, -0.15) is 0 Å². The first-order chi connectivity index (χ1) is 7.43. The minimum absolute atomic E-state index is 0.149. The van der Waals surface area contributed by atoms with Crippen molar-refractivity contribution in [2.24, 2.45) is 11.8 Å². The molecule has 0 aromatic heterocycles. The number of amides is 2. The van der Waals surface area contributed by atoms with E-state index in [2.05, 4.69) is 10.6 Å². The summed E-state index contributed by atoms with van der Waals surface area (Å²) in [4.78, 5) is 34.7. The third-order valence-corrected chi connectivity index (χ3v) is 3.49. The highest BCUT2D eigenvalue weighted by atomic mass is 16.2. The third-order valence-electron chi connectivity index (χ3n) is 3.49. The summed E-state index contributed by atoms with van der Waals surface area (Å²) in [7, 11) is 0. The SMILES string of the molecule is C[C@H]1C(=O)NC[C@@H]1C(=O)C(=O)NC1(C)CC1. The van der Waals surface area contributed by atoms with E-state index in [0.29, 0.717) is 0 Å². The van der Waals surface area contributed by atoms with Gasteiger partial charge in [0.25, 0.3) is 5.91 Å². The van der Waals surface area contributed by atoms with Gasteiger partial charge in [-0.1, -0.05) is 6.92 Å². The van der Waals surface area contributed by atoms with Gasteiger partial charge in [0, 0.05) is 18.0 Å². The molecule has 0 unspecified atom stereocenters. The molecule has 2 rings (SSSR count). The van der Waals surface area contributed by atoms with Crippen LogP contribution in [0.5, 0.6) is 0 Å². The van der Waals surface area contributed by atoms with Crippen LogP contribution in [0.4, 0.5) is 0 Å². The Kier molecular flexibility index (Phi) is 2.48. The Balaban J connectivity index is 1.96. The second kappa shape index (κ2) is 3.57. The quantitative estimate of drug-likeness (QED) is 0.641. The van der Waals surface area contributed by atoms with E-state index >= 15 is 0 Å². The molecule has 5 nitrogen and oxygen atoms in total.